The molecule has 0 aliphatic carbocycles. The lowest BCUT2D eigenvalue weighted by molar-refractivity contribution is -0.148. The summed E-state index contributed by atoms with van der Waals surface area (Å²) in [6.45, 7) is 6.75. The van der Waals surface area contributed by atoms with Crippen LogP contribution in [0.5, 0.6) is 0 Å². The Balaban J connectivity index is 3.02. The molecular formula is C13H19NO5. The number of esters is 1. The number of rotatable bonds is 1. The summed E-state index contributed by atoms with van der Waals surface area (Å²) in [6.07, 6.45) is 0.911. The van der Waals surface area contributed by atoms with Gasteiger partial charge in [0.1, 0.15) is 11.6 Å². The summed E-state index contributed by atoms with van der Waals surface area (Å²) in [6, 6.07) is -0.946. The summed E-state index contributed by atoms with van der Waals surface area (Å²) in [4.78, 5) is 36.5. The minimum absolute atomic E-state index is 0.154. The van der Waals surface area contributed by atoms with Crippen molar-refractivity contribution in [1.82, 2.24) is 4.90 Å². The standard InChI is InChI=1S/C13H19NO5/c1-6-8-7-9(11(16)18-5)14(10(8)15)12(17)19-13(2,3)4/h6,9H,7H2,1-5H3/b8-6-/t9-/m0/s1. The maximum atomic E-state index is 12.0. The van der Waals surface area contributed by atoms with Crippen molar-refractivity contribution >= 4 is 18.0 Å². The number of ether oxygens (including phenoxy) is 2. The van der Waals surface area contributed by atoms with Crippen LogP contribution in [0.4, 0.5) is 4.79 Å². The number of hydrogen-bond acceptors (Lipinski definition) is 5. The van der Waals surface area contributed by atoms with Gasteiger partial charge >= 0.3 is 12.1 Å². The van der Waals surface area contributed by atoms with Crippen molar-refractivity contribution in [3.8, 4) is 0 Å². The topological polar surface area (TPSA) is 72.9 Å². The second-order valence-corrected chi connectivity index (χ2v) is 5.21. The number of amides is 2. The molecule has 0 N–H and O–H groups in total. The molecule has 1 aliphatic rings. The van der Waals surface area contributed by atoms with Crippen molar-refractivity contribution in [2.24, 2.45) is 0 Å². The zero-order chi connectivity index (χ0) is 14.8. The van der Waals surface area contributed by atoms with E-state index in [2.05, 4.69) is 4.74 Å². The number of carbonyl (C=O) groups excluding carboxylic acids is 3. The van der Waals surface area contributed by atoms with Crippen LogP contribution in [0.3, 0.4) is 0 Å². The lowest BCUT2D eigenvalue weighted by Gasteiger charge is -2.25. The summed E-state index contributed by atoms with van der Waals surface area (Å²) in [5, 5.41) is 0. The van der Waals surface area contributed by atoms with Crippen LogP contribution >= 0.6 is 0 Å². The highest BCUT2D eigenvalue weighted by Gasteiger charge is 2.45. The van der Waals surface area contributed by atoms with Gasteiger partial charge in [-0.05, 0) is 27.7 Å². The molecule has 1 aliphatic heterocycles. The zero-order valence-electron chi connectivity index (χ0n) is 11.9. The average Bonchev–Trinajstić information content (AvgIpc) is 2.63. The first kappa shape index (κ1) is 15.2. The van der Waals surface area contributed by atoms with Gasteiger partial charge < -0.3 is 9.47 Å². The van der Waals surface area contributed by atoms with Crippen molar-refractivity contribution in [2.75, 3.05) is 7.11 Å². The molecular weight excluding hydrogens is 250 g/mol. The Kier molecular flexibility index (Phi) is 4.34. The van der Waals surface area contributed by atoms with Crippen molar-refractivity contribution in [1.29, 1.82) is 0 Å². The largest absolute Gasteiger partial charge is 0.467 e. The SMILES string of the molecule is C/C=C1/C[C@@H](C(=O)OC)N(C(=O)OC(C)(C)C)C1=O. The van der Waals surface area contributed by atoms with E-state index in [1.807, 2.05) is 0 Å². The second-order valence-electron chi connectivity index (χ2n) is 5.21. The summed E-state index contributed by atoms with van der Waals surface area (Å²) in [7, 11) is 1.22. The van der Waals surface area contributed by atoms with E-state index in [9.17, 15) is 14.4 Å². The fourth-order valence-electron chi connectivity index (χ4n) is 1.77. The van der Waals surface area contributed by atoms with E-state index in [1.54, 1.807) is 33.8 Å². The van der Waals surface area contributed by atoms with E-state index in [4.69, 9.17) is 4.74 Å². The smallest absolute Gasteiger partial charge is 0.418 e. The molecule has 19 heavy (non-hydrogen) atoms. The Morgan fingerprint density at radius 3 is 2.37 bits per heavy atom. The molecule has 2 amide bonds. The third kappa shape index (κ3) is 3.33. The lowest BCUT2D eigenvalue weighted by Crippen LogP contribution is -2.45. The number of carbonyl (C=O) groups is 3. The summed E-state index contributed by atoms with van der Waals surface area (Å²) in [5.74, 6) is -1.14. The number of likely N-dealkylation sites (tertiary alicyclic amines) is 1. The Morgan fingerprint density at radius 2 is 1.95 bits per heavy atom. The van der Waals surface area contributed by atoms with Crippen LogP contribution in [0.1, 0.15) is 34.1 Å². The van der Waals surface area contributed by atoms with Gasteiger partial charge in [-0.15, -0.1) is 0 Å². The highest BCUT2D eigenvalue weighted by molar-refractivity contribution is 6.08. The van der Waals surface area contributed by atoms with Crippen molar-refractivity contribution in [3.05, 3.63) is 11.6 Å². The molecule has 0 aromatic heterocycles. The van der Waals surface area contributed by atoms with Gasteiger partial charge in [0.25, 0.3) is 5.91 Å². The van der Waals surface area contributed by atoms with Crippen molar-refractivity contribution in [3.63, 3.8) is 0 Å². The molecule has 6 heteroatoms. The minimum atomic E-state index is -0.946. The molecule has 6 nitrogen and oxygen atoms in total. The van der Waals surface area contributed by atoms with E-state index in [-0.39, 0.29) is 6.42 Å². The third-order valence-corrected chi connectivity index (χ3v) is 2.63. The molecule has 0 aromatic rings. The molecule has 106 valence electrons. The second kappa shape index (κ2) is 5.42. The highest BCUT2D eigenvalue weighted by atomic mass is 16.6. The molecule has 0 aromatic carbocycles. The van der Waals surface area contributed by atoms with Crippen molar-refractivity contribution in [2.45, 2.75) is 45.8 Å². The maximum absolute atomic E-state index is 12.0. The Bertz CT molecular complexity index is 433. The van der Waals surface area contributed by atoms with Gasteiger partial charge in [-0.2, -0.15) is 0 Å². The number of imide groups is 1. The van der Waals surface area contributed by atoms with E-state index < -0.39 is 29.6 Å². The third-order valence-electron chi connectivity index (χ3n) is 2.63. The normalized spacial score (nSPS) is 21.7. The Hall–Kier alpha value is -1.85. The summed E-state index contributed by atoms with van der Waals surface area (Å²) in [5.41, 5.74) is -0.335. The van der Waals surface area contributed by atoms with Gasteiger partial charge in [-0.25, -0.2) is 14.5 Å². The van der Waals surface area contributed by atoms with E-state index >= 15 is 0 Å². The average molecular weight is 269 g/mol. The quantitative estimate of drug-likeness (QED) is 0.534. The van der Waals surface area contributed by atoms with E-state index in [0.29, 0.717) is 5.57 Å². The number of nitrogens with zero attached hydrogens (tertiary/aromatic N) is 1. The first-order chi connectivity index (χ1) is 8.71. The molecule has 0 spiro atoms. The fourth-order valence-corrected chi connectivity index (χ4v) is 1.77. The maximum Gasteiger partial charge on any atom is 0.418 e. The number of allylic oxidation sites excluding steroid dienone is 1. The molecule has 1 heterocycles. The highest BCUT2D eigenvalue weighted by Crippen LogP contribution is 2.27. The molecule has 1 fully saturated rings. The summed E-state index contributed by atoms with van der Waals surface area (Å²) < 4.78 is 9.76. The Morgan fingerprint density at radius 1 is 1.37 bits per heavy atom. The fraction of sp³-hybridized carbons (Fsp3) is 0.615. The molecule has 1 saturated heterocycles. The summed E-state index contributed by atoms with van der Waals surface area (Å²) >= 11 is 0. The first-order valence-corrected chi connectivity index (χ1v) is 6.00. The van der Waals surface area contributed by atoms with Crippen LogP contribution in [0.15, 0.2) is 11.6 Å². The van der Waals surface area contributed by atoms with Gasteiger partial charge in [0.2, 0.25) is 0 Å². The predicted molar refractivity (Wildman–Crippen MR) is 67.3 cm³/mol. The van der Waals surface area contributed by atoms with Crippen LogP contribution in [0.25, 0.3) is 0 Å². The van der Waals surface area contributed by atoms with E-state index in [1.165, 1.54) is 7.11 Å². The van der Waals surface area contributed by atoms with Crippen LogP contribution in [0.2, 0.25) is 0 Å². The van der Waals surface area contributed by atoms with Crippen LogP contribution < -0.4 is 0 Å². The van der Waals surface area contributed by atoms with Crippen molar-refractivity contribution < 1.29 is 23.9 Å². The van der Waals surface area contributed by atoms with Crippen LogP contribution in [0, 0.1) is 0 Å². The molecule has 1 rings (SSSR count). The molecule has 0 saturated carbocycles. The van der Waals surface area contributed by atoms with Crippen LogP contribution in [-0.4, -0.2) is 41.6 Å². The van der Waals surface area contributed by atoms with Gasteiger partial charge in [0, 0.05) is 12.0 Å². The molecule has 1 atom stereocenters. The minimum Gasteiger partial charge on any atom is -0.467 e. The van der Waals surface area contributed by atoms with Gasteiger partial charge in [-0.3, -0.25) is 4.79 Å². The lowest BCUT2D eigenvalue weighted by atomic mass is 10.1. The number of hydrogen-bond donors (Lipinski definition) is 0. The number of methoxy groups -OCH3 is 1. The monoisotopic (exact) mass is 269 g/mol. The van der Waals surface area contributed by atoms with Gasteiger partial charge in [-0.1, -0.05) is 6.08 Å². The Labute approximate surface area is 112 Å². The zero-order valence-corrected chi connectivity index (χ0v) is 11.9. The molecule has 0 bridgehead atoms. The van der Waals surface area contributed by atoms with Crippen LogP contribution in [-0.2, 0) is 19.1 Å². The van der Waals surface area contributed by atoms with Gasteiger partial charge in [0.05, 0.1) is 7.11 Å². The predicted octanol–water partition coefficient (Wildman–Crippen LogP) is 1.64. The molecule has 0 radical (unpaired) electrons. The first-order valence-electron chi connectivity index (χ1n) is 6.00. The van der Waals surface area contributed by atoms with E-state index in [0.717, 1.165) is 4.90 Å². The molecule has 0 unspecified atom stereocenters. The van der Waals surface area contributed by atoms with Gasteiger partial charge in [0.15, 0.2) is 0 Å².